The van der Waals surface area contributed by atoms with Crippen molar-refractivity contribution in [2.75, 3.05) is 0 Å². The maximum Gasteiger partial charge on any atom is 0.265 e. The number of fused-ring (bicyclic) bond motifs is 1. The molecule has 0 fully saturated rings. The van der Waals surface area contributed by atoms with E-state index in [1.54, 1.807) is 0 Å². The van der Waals surface area contributed by atoms with Gasteiger partial charge in [0, 0.05) is 30.1 Å². The molecule has 2 heterocycles. The van der Waals surface area contributed by atoms with Crippen LogP contribution in [0, 0.1) is 31.8 Å². The molecule has 1 aliphatic rings. The largest absolute Gasteiger partial charge is 0.483 e. The summed E-state index contributed by atoms with van der Waals surface area (Å²) >= 11 is 0. The van der Waals surface area contributed by atoms with Gasteiger partial charge in [0.25, 0.3) is 5.70 Å². The molecule has 0 spiro atoms. The van der Waals surface area contributed by atoms with E-state index in [-0.39, 0.29) is 5.70 Å². The van der Waals surface area contributed by atoms with Crippen molar-refractivity contribution in [1.82, 2.24) is 4.57 Å². The molecule has 0 saturated carbocycles. The molecular weight excluding hydrogens is 394 g/mol. The Labute approximate surface area is 189 Å². The van der Waals surface area contributed by atoms with Crippen molar-refractivity contribution < 1.29 is 4.74 Å². The minimum atomic E-state index is -0.658. The van der Waals surface area contributed by atoms with Crippen LogP contribution < -0.4 is 0 Å². The molecule has 2 aromatic carbocycles. The third-order valence-electron chi connectivity index (χ3n) is 6.37. The van der Waals surface area contributed by atoms with Gasteiger partial charge >= 0.3 is 0 Å². The summed E-state index contributed by atoms with van der Waals surface area (Å²) in [4.78, 5) is 3.44. The van der Waals surface area contributed by atoms with Crippen molar-refractivity contribution in [2.45, 2.75) is 32.8 Å². The van der Waals surface area contributed by atoms with Gasteiger partial charge in [0.05, 0.1) is 12.6 Å². The van der Waals surface area contributed by atoms with Crippen molar-refractivity contribution in [2.24, 2.45) is 7.05 Å². The van der Waals surface area contributed by atoms with Gasteiger partial charge in [-0.1, -0.05) is 42.5 Å². The van der Waals surface area contributed by atoms with Gasteiger partial charge in [-0.25, -0.2) is 10.1 Å². The second kappa shape index (κ2) is 8.25. The number of benzene rings is 2. The summed E-state index contributed by atoms with van der Waals surface area (Å²) in [6, 6.07) is 18.4. The highest BCUT2D eigenvalue weighted by Gasteiger charge is 2.34. The third kappa shape index (κ3) is 3.72. The lowest BCUT2D eigenvalue weighted by molar-refractivity contribution is 0.0143. The van der Waals surface area contributed by atoms with E-state index in [0.717, 1.165) is 11.1 Å². The minimum Gasteiger partial charge on any atom is -0.483 e. The standard InChI is InChI=1S/C28H25N3O/c1-19-20(2)31(5)27-14-12-21(15-25(19)27)11-13-24-16-22(26(18-29)30-4)17-28(3,32-24)23-9-7-6-8-10-23/h6-16H,17H2,1-3,5H3. The Balaban J connectivity index is 1.74. The van der Waals surface area contributed by atoms with Gasteiger partial charge in [-0.05, 0) is 67.3 Å². The van der Waals surface area contributed by atoms with Gasteiger partial charge < -0.3 is 9.30 Å². The Hall–Kier alpha value is -4.02. The van der Waals surface area contributed by atoms with E-state index in [0.29, 0.717) is 17.8 Å². The van der Waals surface area contributed by atoms with E-state index in [2.05, 4.69) is 48.5 Å². The molecule has 0 amide bonds. The zero-order valence-electron chi connectivity index (χ0n) is 18.8. The van der Waals surface area contributed by atoms with Crippen molar-refractivity contribution >= 4 is 17.0 Å². The monoisotopic (exact) mass is 419 g/mol. The third-order valence-corrected chi connectivity index (χ3v) is 6.37. The highest BCUT2D eigenvalue weighted by Crippen LogP contribution is 2.40. The second-order valence-electron chi connectivity index (χ2n) is 8.40. The molecule has 32 heavy (non-hydrogen) atoms. The molecule has 158 valence electrons. The Morgan fingerprint density at radius 1 is 1.19 bits per heavy atom. The molecule has 0 N–H and O–H groups in total. The molecule has 4 heteroatoms. The van der Waals surface area contributed by atoms with Crippen LogP contribution in [0.3, 0.4) is 0 Å². The molecule has 1 aromatic heterocycles. The van der Waals surface area contributed by atoms with Crippen LogP contribution >= 0.6 is 0 Å². The first kappa shape index (κ1) is 21.2. The van der Waals surface area contributed by atoms with Crippen LogP contribution in [0.25, 0.3) is 21.8 Å². The number of aromatic nitrogens is 1. The van der Waals surface area contributed by atoms with Crippen LogP contribution in [-0.4, -0.2) is 4.57 Å². The quantitative estimate of drug-likeness (QED) is 0.349. The molecule has 4 rings (SSSR count). The number of hydrogen-bond donors (Lipinski definition) is 0. The zero-order chi connectivity index (χ0) is 22.9. The summed E-state index contributed by atoms with van der Waals surface area (Å²) in [5.41, 5.74) is 5.98. The summed E-state index contributed by atoms with van der Waals surface area (Å²) < 4.78 is 8.62. The first-order chi connectivity index (χ1) is 15.4. The maximum atomic E-state index is 9.45. The number of allylic oxidation sites excluding steroid dienone is 3. The van der Waals surface area contributed by atoms with E-state index in [1.807, 2.05) is 61.6 Å². The predicted molar refractivity (Wildman–Crippen MR) is 128 cm³/mol. The second-order valence-corrected chi connectivity index (χ2v) is 8.40. The van der Waals surface area contributed by atoms with Crippen molar-refractivity contribution in [3.63, 3.8) is 0 Å². The molecule has 1 aliphatic heterocycles. The molecule has 1 unspecified atom stereocenters. The van der Waals surface area contributed by atoms with Gasteiger partial charge in [0.15, 0.2) is 0 Å². The fourth-order valence-corrected chi connectivity index (χ4v) is 4.32. The number of rotatable bonds is 3. The van der Waals surface area contributed by atoms with E-state index >= 15 is 0 Å². The molecule has 0 radical (unpaired) electrons. The highest BCUT2D eigenvalue weighted by molar-refractivity contribution is 5.87. The van der Waals surface area contributed by atoms with Crippen LogP contribution in [0.5, 0.6) is 0 Å². The van der Waals surface area contributed by atoms with Gasteiger partial charge in [0.2, 0.25) is 0 Å². The average Bonchev–Trinajstić information content (AvgIpc) is 3.02. The van der Waals surface area contributed by atoms with Gasteiger partial charge in [-0.15, -0.1) is 0 Å². The summed E-state index contributed by atoms with van der Waals surface area (Å²) in [6.07, 6.45) is 6.22. The molecular formula is C28H25N3O. The lowest BCUT2D eigenvalue weighted by Crippen LogP contribution is -2.29. The molecule has 0 saturated heterocycles. The number of nitrogens with zero attached hydrogens (tertiary/aromatic N) is 3. The highest BCUT2D eigenvalue weighted by atomic mass is 16.5. The summed E-state index contributed by atoms with van der Waals surface area (Å²) in [6.45, 7) is 13.7. The lowest BCUT2D eigenvalue weighted by atomic mass is 9.85. The number of ether oxygens (including phenoxy) is 1. The molecule has 3 aromatic rings. The van der Waals surface area contributed by atoms with Gasteiger partial charge in [0.1, 0.15) is 11.4 Å². The topological polar surface area (TPSA) is 42.3 Å². The van der Waals surface area contributed by atoms with Gasteiger partial charge in [-0.2, -0.15) is 0 Å². The SMILES string of the molecule is [C-]#[N+]C(C#N)=C1C=C(C=Cc2ccc3c(c2)c(C)c(C)n3C)OC(C)(c2ccccc2)C1. The summed E-state index contributed by atoms with van der Waals surface area (Å²) in [7, 11) is 2.09. The number of hydrogen-bond acceptors (Lipinski definition) is 2. The van der Waals surface area contributed by atoms with Crippen LogP contribution in [0.15, 0.2) is 77.7 Å². The number of nitriles is 1. The van der Waals surface area contributed by atoms with Gasteiger partial charge in [-0.3, -0.25) is 0 Å². The minimum absolute atomic E-state index is 0.109. The maximum absolute atomic E-state index is 9.45. The molecule has 0 aliphatic carbocycles. The first-order valence-corrected chi connectivity index (χ1v) is 10.6. The molecule has 1 atom stereocenters. The Bertz CT molecular complexity index is 1360. The Morgan fingerprint density at radius 3 is 2.62 bits per heavy atom. The Morgan fingerprint density at radius 2 is 1.94 bits per heavy atom. The lowest BCUT2D eigenvalue weighted by Gasteiger charge is -2.36. The van der Waals surface area contributed by atoms with Crippen molar-refractivity contribution in [1.29, 1.82) is 5.26 Å². The summed E-state index contributed by atoms with van der Waals surface area (Å²) in [5.74, 6) is 0.634. The fraction of sp³-hybridized carbons (Fsp3) is 0.214. The van der Waals surface area contributed by atoms with Crippen molar-refractivity contribution in [3.8, 4) is 6.07 Å². The van der Waals surface area contributed by atoms with Crippen LogP contribution in [0.1, 0.15) is 35.7 Å². The Kier molecular flexibility index (Phi) is 5.47. The normalized spacial score (nSPS) is 19.9. The zero-order valence-corrected chi connectivity index (χ0v) is 18.8. The van der Waals surface area contributed by atoms with Crippen LogP contribution in [0.2, 0.25) is 0 Å². The van der Waals surface area contributed by atoms with E-state index in [9.17, 15) is 5.26 Å². The van der Waals surface area contributed by atoms with E-state index in [4.69, 9.17) is 11.3 Å². The smallest absolute Gasteiger partial charge is 0.265 e. The predicted octanol–water partition coefficient (Wildman–Crippen LogP) is 6.72. The average molecular weight is 420 g/mol. The molecule has 0 bridgehead atoms. The van der Waals surface area contributed by atoms with E-state index < -0.39 is 5.60 Å². The van der Waals surface area contributed by atoms with Crippen LogP contribution in [0.4, 0.5) is 0 Å². The van der Waals surface area contributed by atoms with E-state index in [1.165, 1.54) is 22.2 Å². The molecule has 4 nitrogen and oxygen atoms in total. The fourth-order valence-electron chi connectivity index (χ4n) is 4.32. The van der Waals surface area contributed by atoms with Crippen molar-refractivity contribution in [3.05, 3.63) is 112 Å². The summed E-state index contributed by atoms with van der Waals surface area (Å²) in [5, 5.41) is 10.7. The first-order valence-electron chi connectivity index (χ1n) is 10.6. The number of aryl methyl sites for hydroxylation is 2. The van der Waals surface area contributed by atoms with Crippen LogP contribution in [-0.2, 0) is 17.4 Å².